The van der Waals surface area contributed by atoms with Gasteiger partial charge >= 0.3 is 0 Å². The third kappa shape index (κ3) is 3.25. The fourth-order valence-electron chi connectivity index (χ4n) is 1.88. The van der Waals surface area contributed by atoms with Crippen molar-refractivity contribution in [3.05, 3.63) is 84.9 Å². The first-order valence-electron chi connectivity index (χ1n) is 6.40. The number of alkyl halides is 1. The molecule has 0 N–H and O–H groups in total. The largest absolute Gasteiger partial charge is 0.250 e. The molecule has 0 aromatic heterocycles. The summed E-state index contributed by atoms with van der Waals surface area (Å²) < 4.78 is 50.3. The minimum Gasteiger partial charge on any atom is -0.250 e. The second-order valence-corrected chi connectivity index (χ2v) is 6.67. The highest BCUT2D eigenvalue weighted by molar-refractivity contribution is 8.00. The fraction of sp³-hybridized carbons (Fsp3) is 0.0588. The molecular weight excluding hydrogens is 306 g/mol. The molecule has 0 aliphatic rings. The minimum absolute atomic E-state index is 0.0313. The molecule has 0 bridgehead atoms. The summed E-state index contributed by atoms with van der Waals surface area (Å²) in [5.74, 6) is -0.197. The summed E-state index contributed by atoms with van der Waals surface area (Å²) in [6, 6.07) is 10.8. The van der Waals surface area contributed by atoms with Crippen LogP contribution in [0.4, 0.5) is 8.78 Å². The van der Waals surface area contributed by atoms with Crippen molar-refractivity contribution < 1.29 is 17.2 Å². The number of hydrogen-bond acceptors (Lipinski definition) is 2. The zero-order chi connectivity index (χ0) is 16.3. The van der Waals surface area contributed by atoms with Crippen LogP contribution in [0.15, 0.2) is 60.0 Å². The molecule has 0 saturated heterocycles. The zero-order valence-electron chi connectivity index (χ0n) is 11.7. The van der Waals surface area contributed by atoms with Crippen LogP contribution in [0, 0.1) is 18.7 Å². The summed E-state index contributed by atoms with van der Waals surface area (Å²) in [5, 5.41) is 0. The van der Waals surface area contributed by atoms with Crippen LogP contribution in [0.2, 0.25) is 0 Å². The summed E-state index contributed by atoms with van der Waals surface area (Å²) in [4.78, 5) is -0.132. The van der Waals surface area contributed by atoms with Gasteiger partial charge in [-0.2, -0.15) is 0 Å². The molecule has 0 spiro atoms. The van der Waals surface area contributed by atoms with Gasteiger partial charge in [-0.1, -0.05) is 30.8 Å². The molecular formula is C17H14F2O2S. The van der Waals surface area contributed by atoms with Crippen molar-refractivity contribution >= 4 is 14.7 Å². The van der Waals surface area contributed by atoms with Crippen molar-refractivity contribution in [2.45, 2.75) is 4.90 Å². The Bertz CT molecular complexity index is 763. The molecule has 0 unspecified atom stereocenters. The highest BCUT2D eigenvalue weighted by Gasteiger charge is 2.20. The maximum absolute atomic E-state index is 12.9. The molecule has 0 heterocycles. The van der Waals surface area contributed by atoms with Gasteiger partial charge in [0.2, 0.25) is 9.84 Å². The van der Waals surface area contributed by atoms with Gasteiger partial charge in [-0.3, -0.25) is 4.39 Å². The SMILES string of the molecule is [CH2][C](CF)c1ccc(C(=C)S(=O)(=O)c2ccc(F)cc2)cc1. The predicted octanol–water partition coefficient (Wildman–Crippen LogP) is 4.00. The Labute approximate surface area is 129 Å². The second kappa shape index (κ2) is 6.40. The third-order valence-corrected chi connectivity index (χ3v) is 5.00. The molecule has 114 valence electrons. The first-order chi connectivity index (χ1) is 10.4. The monoisotopic (exact) mass is 320 g/mol. The van der Waals surface area contributed by atoms with Crippen molar-refractivity contribution in [1.29, 1.82) is 0 Å². The van der Waals surface area contributed by atoms with Crippen LogP contribution in [-0.4, -0.2) is 15.1 Å². The van der Waals surface area contributed by atoms with Crippen molar-refractivity contribution in [2.24, 2.45) is 0 Å². The Morgan fingerprint density at radius 2 is 1.45 bits per heavy atom. The molecule has 2 rings (SSSR count). The molecule has 2 aromatic carbocycles. The number of rotatable bonds is 5. The van der Waals surface area contributed by atoms with Gasteiger partial charge in [0.1, 0.15) is 12.5 Å². The highest BCUT2D eigenvalue weighted by atomic mass is 32.2. The number of halogens is 2. The highest BCUT2D eigenvalue weighted by Crippen LogP contribution is 2.27. The minimum atomic E-state index is -3.81. The van der Waals surface area contributed by atoms with Crippen LogP contribution in [0.25, 0.3) is 4.91 Å². The van der Waals surface area contributed by atoms with E-state index < -0.39 is 22.3 Å². The van der Waals surface area contributed by atoms with Gasteiger partial charge in [0.15, 0.2) is 0 Å². The molecule has 22 heavy (non-hydrogen) atoms. The van der Waals surface area contributed by atoms with Gasteiger partial charge in [-0.15, -0.1) is 0 Å². The molecule has 5 heteroatoms. The summed E-state index contributed by atoms with van der Waals surface area (Å²) >= 11 is 0. The van der Waals surface area contributed by atoms with E-state index in [2.05, 4.69) is 13.5 Å². The molecule has 2 aromatic rings. The van der Waals surface area contributed by atoms with Gasteiger partial charge in [0, 0.05) is 5.92 Å². The van der Waals surface area contributed by atoms with Gasteiger partial charge in [0.25, 0.3) is 0 Å². The molecule has 0 aliphatic carbocycles. The van der Waals surface area contributed by atoms with E-state index in [9.17, 15) is 17.2 Å². The van der Waals surface area contributed by atoms with Gasteiger partial charge in [0.05, 0.1) is 9.80 Å². The van der Waals surface area contributed by atoms with E-state index in [-0.39, 0.29) is 9.80 Å². The topological polar surface area (TPSA) is 34.1 Å². The summed E-state index contributed by atoms with van der Waals surface area (Å²) in [7, 11) is -3.81. The van der Waals surface area contributed by atoms with Crippen LogP contribution < -0.4 is 0 Å². The lowest BCUT2D eigenvalue weighted by Crippen LogP contribution is -2.04. The average Bonchev–Trinajstić information content (AvgIpc) is 2.54. The van der Waals surface area contributed by atoms with E-state index in [1.54, 1.807) is 24.3 Å². The molecule has 0 saturated carbocycles. The van der Waals surface area contributed by atoms with E-state index in [1.165, 1.54) is 12.1 Å². The van der Waals surface area contributed by atoms with Crippen molar-refractivity contribution in [2.75, 3.05) is 6.67 Å². The third-order valence-electron chi connectivity index (χ3n) is 3.22. The van der Waals surface area contributed by atoms with Crippen LogP contribution in [0.3, 0.4) is 0 Å². The normalized spacial score (nSPS) is 11.6. The number of benzene rings is 2. The molecule has 0 amide bonds. The quantitative estimate of drug-likeness (QED) is 0.781. The molecule has 2 radical (unpaired) electrons. The standard InChI is InChI=1S/C17H14F2O2S/c1-12(11-18)14-3-5-15(6-4-14)13(2)22(20,21)17-9-7-16(19)8-10-17/h3-10H,1-2,11H2. The van der Waals surface area contributed by atoms with Crippen LogP contribution in [0.1, 0.15) is 11.1 Å². The van der Waals surface area contributed by atoms with Crippen molar-refractivity contribution in [1.82, 2.24) is 0 Å². The van der Waals surface area contributed by atoms with E-state index >= 15 is 0 Å². The summed E-state index contributed by atoms with van der Waals surface area (Å²) in [5.41, 5.74) is 0.984. The van der Waals surface area contributed by atoms with Gasteiger partial charge in [-0.05, 0) is 42.3 Å². The Balaban J connectivity index is 2.32. The smallest absolute Gasteiger partial charge is 0.206 e. The average molecular weight is 320 g/mol. The molecule has 2 nitrogen and oxygen atoms in total. The zero-order valence-corrected chi connectivity index (χ0v) is 12.5. The number of hydrogen-bond donors (Lipinski definition) is 0. The Kier molecular flexibility index (Phi) is 4.76. The lowest BCUT2D eigenvalue weighted by atomic mass is 10.0. The van der Waals surface area contributed by atoms with Crippen LogP contribution >= 0.6 is 0 Å². The van der Waals surface area contributed by atoms with Crippen molar-refractivity contribution in [3.63, 3.8) is 0 Å². The molecule has 0 aliphatic heterocycles. The summed E-state index contributed by atoms with van der Waals surface area (Å²) in [6.07, 6.45) is 0. The maximum Gasteiger partial charge on any atom is 0.206 e. The lowest BCUT2D eigenvalue weighted by molar-refractivity contribution is 0.525. The lowest BCUT2D eigenvalue weighted by Gasteiger charge is -2.10. The van der Waals surface area contributed by atoms with Gasteiger partial charge in [-0.25, -0.2) is 12.8 Å². The first kappa shape index (κ1) is 16.4. The van der Waals surface area contributed by atoms with Crippen LogP contribution in [0.5, 0.6) is 0 Å². The van der Waals surface area contributed by atoms with Crippen molar-refractivity contribution in [3.8, 4) is 0 Å². The van der Waals surface area contributed by atoms with E-state index in [1.807, 2.05) is 0 Å². The van der Waals surface area contributed by atoms with E-state index in [0.29, 0.717) is 17.0 Å². The molecule has 0 atom stereocenters. The van der Waals surface area contributed by atoms with Crippen LogP contribution in [-0.2, 0) is 9.84 Å². The summed E-state index contributed by atoms with van der Waals surface area (Å²) in [6.45, 7) is 6.51. The predicted molar refractivity (Wildman–Crippen MR) is 82.7 cm³/mol. The van der Waals surface area contributed by atoms with E-state index in [4.69, 9.17) is 0 Å². The maximum atomic E-state index is 12.9. The fourth-order valence-corrected chi connectivity index (χ4v) is 3.11. The molecule has 0 fully saturated rings. The number of sulfone groups is 1. The Hall–Kier alpha value is -2.01. The van der Waals surface area contributed by atoms with E-state index in [0.717, 1.165) is 12.1 Å². The van der Waals surface area contributed by atoms with Gasteiger partial charge < -0.3 is 0 Å². The Morgan fingerprint density at radius 3 is 1.95 bits per heavy atom. The first-order valence-corrected chi connectivity index (χ1v) is 7.88. The Morgan fingerprint density at radius 1 is 0.955 bits per heavy atom. The second-order valence-electron chi connectivity index (χ2n) is 4.70.